The number of likely N-dealkylation sites (tertiary alicyclic amines) is 1. The average Bonchev–Trinajstić information content (AvgIpc) is 2.87. The Labute approximate surface area is 207 Å². The van der Waals surface area contributed by atoms with Crippen LogP contribution in [0, 0.1) is 5.92 Å². The Balaban J connectivity index is 1.48. The van der Waals surface area contributed by atoms with E-state index in [2.05, 4.69) is 5.32 Å². The van der Waals surface area contributed by atoms with Crippen molar-refractivity contribution >= 4 is 11.8 Å². The van der Waals surface area contributed by atoms with Crippen LogP contribution in [0.1, 0.15) is 49.0 Å². The van der Waals surface area contributed by atoms with E-state index in [0.29, 0.717) is 48.9 Å². The number of methoxy groups -OCH3 is 3. The highest BCUT2D eigenvalue weighted by Gasteiger charge is 2.26. The van der Waals surface area contributed by atoms with Crippen LogP contribution in [0.2, 0.25) is 0 Å². The minimum Gasteiger partial charge on any atom is -0.493 e. The third kappa shape index (κ3) is 7.04. The Morgan fingerprint density at radius 3 is 2.09 bits per heavy atom. The highest BCUT2D eigenvalue weighted by atomic mass is 16.5. The zero-order valence-corrected chi connectivity index (χ0v) is 21.3. The summed E-state index contributed by atoms with van der Waals surface area (Å²) >= 11 is 0. The lowest BCUT2D eigenvalue weighted by Gasteiger charge is -2.32. The third-order valence-electron chi connectivity index (χ3n) is 6.07. The van der Waals surface area contributed by atoms with Crippen LogP contribution < -0.4 is 24.3 Å². The van der Waals surface area contributed by atoms with Crippen molar-refractivity contribution in [3.05, 3.63) is 47.5 Å². The Bertz CT molecular complexity index is 972. The molecule has 1 aliphatic rings. The SMILES string of the molecule is COc1cc(C(=O)N2CCC(CC(=O)NCc3ccc(OC(C)C)cc3)CC2)cc(OC)c1OC. The van der Waals surface area contributed by atoms with Gasteiger partial charge >= 0.3 is 0 Å². The van der Waals surface area contributed by atoms with Gasteiger partial charge in [-0.1, -0.05) is 12.1 Å². The molecule has 8 heteroatoms. The quantitative estimate of drug-likeness (QED) is 0.547. The second-order valence-electron chi connectivity index (χ2n) is 8.94. The standard InChI is InChI=1S/C27H36N2O6/c1-18(2)35-22-8-6-20(7-9-22)17-28-25(30)14-19-10-12-29(13-11-19)27(31)21-15-23(32-3)26(34-5)24(16-21)33-4/h6-9,15-16,18-19H,10-14,17H2,1-5H3,(H,28,30). The van der Waals surface area contributed by atoms with Crippen LogP contribution in [0.25, 0.3) is 0 Å². The van der Waals surface area contributed by atoms with Crippen molar-refractivity contribution in [1.82, 2.24) is 10.2 Å². The number of hydrogen-bond acceptors (Lipinski definition) is 6. The molecule has 2 amide bonds. The van der Waals surface area contributed by atoms with Crippen LogP contribution in [0.15, 0.2) is 36.4 Å². The summed E-state index contributed by atoms with van der Waals surface area (Å²) in [5, 5.41) is 3.00. The molecule has 0 saturated carbocycles. The fourth-order valence-electron chi connectivity index (χ4n) is 4.22. The molecular weight excluding hydrogens is 448 g/mol. The van der Waals surface area contributed by atoms with Crippen LogP contribution in [0.4, 0.5) is 0 Å². The lowest BCUT2D eigenvalue weighted by atomic mass is 9.92. The molecule has 3 rings (SSSR count). The van der Waals surface area contributed by atoms with Crippen LogP contribution in [0.3, 0.4) is 0 Å². The highest BCUT2D eigenvalue weighted by molar-refractivity contribution is 5.95. The molecule has 35 heavy (non-hydrogen) atoms. The summed E-state index contributed by atoms with van der Waals surface area (Å²) in [6.07, 6.45) is 2.15. The van der Waals surface area contributed by atoms with Crippen molar-refractivity contribution in [1.29, 1.82) is 0 Å². The number of carbonyl (C=O) groups is 2. The minimum absolute atomic E-state index is 0.0295. The van der Waals surface area contributed by atoms with E-state index in [1.807, 2.05) is 43.0 Å². The Kier molecular flexibility index (Phi) is 9.23. The van der Waals surface area contributed by atoms with E-state index in [4.69, 9.17) is 18.9 Å². The van der Waals surface area contributed by atoms with Crippen molar-refractivity contribution in [2.45, 2.75) is 45.8 Å². The number of nitrogens with zero attached hydrogens (tertiary/aromatic N) is 1. The van der Waals surface area contributed by atoms with E-state index in [9.17, 15) is 9.59 Å². The van der Waals surface area contributed by atoms with Crippen LogP contribution in [-0.4, -0.2) is 57.2 Å². The largest absolute Gasteiger partial charge is 0.493 e. The monoisotopic (exact) mass is 484 g/mol. The summed E-state index contributed by atoms with van der Waals surface area (Å²) < 4.78 is 21.7. The van der Waals surface area contributed by atoms with Crippen molar-refractivity contribution in [2.24, 2.45) is 5.92 Å². The van der Waals surface area contributed by atoms with Gasteiger partial charge in [-0.2, -0.15) is 0 Å². The van der Waals surface area contributed by atoms with Crippen molar-refractivity contribution in [2.75, 3.05) is 34.4 Å². The van der Waals surface area contributed by atoms with Gasteiger partial charge in [-0.3, -0.25) is 9.59 Å². The van der Waals surface area contributed by atoms with Gasteiger partial charge in [-0.25, -0.2) is 0 Å². The molecule has 2 aromatic rings. The van der Waals surface area contributed by atoms with E-state index in [1.54, 1.807) is 12.1 Å². The van der Waals surface area contributed by atoms with E-state index in [0.717, 1.165) is 24.2 Å². The Morgan fingerprint density at radius 1 is 0.971 bits per heavy atom. The molecule has 1 N–H and O–H groups in total. The van der Waals surface area contributed by atoms with E-state index in [-0.39, 0.29) is 23.8 Å². The van der Waals surface area contributed by atoms with Crippen molar-refractivity contribution in [3.63, 3.8) is 0 Å². The summed E-state index contributed by atoms with van der Waals surface area (Å²) in [7, 11) is 4.58. The number of carbonyl (C=O) groups excluding carboxylic acids is 2. The zero-order chi connectivity index (χ0) is 25.4. The van der Waals surface area contributed by atoms with Gasteiger partial charge in [0.05, 0.1) is 27.4 Å². The smallest absolute Gasteiger partial charge is 0.254 e. The summed E-state index contributed by atoms with van der Waals surface area (Å²) in [5.41, 5.74) is 1.51. The molecule has 0 aromatic heterocycles. The van der Waals surface area contributed by atoms with E-state index >= 15 is 0 Å². The summed E-state index contributed by atoms with van der Waals surface area (Å²) in [6, 6.07) is 11.1. The first-order chi connectivity index (χ1) is 16.8. The predicted octanol–water partition coefficient (Wildman–Crippen LogP) is 4.06. The molecule has 0 unspecified atom stereocenters. The third-order valence-corrected chi connectivity index (χ3v) is 6.07. The molecule has 190 valence electrons. The number of hydrogen-bond donors (Lipinski definition) is 1. The molecule has 0 aliphatic carbocycles. The molecule has 0 radical (unpaired) electrons. The first-order valence-corrected chi connectivity index (χ1v) is 12.0. The number of benzene rings is 2. The van der Waals surface area contributed by atoms with Gasteiger partial charge in [0, 0.05) is 31.6 Å². The second kappa shape index (κ2) is 12.3. The van der Waals surface area contributed by atoms with Gasteiger partial charge in [0.15, 0.2) is 11.5 Å². The first-order valence-electron chi connectivity index (χ1n) is 12.0. The summed E-state index contributed by atoms with van der Waals surface area (Å²) in [5.74, 6) is 2.37. The fraction of sp³-hybridized carbons (Fsp3) is 0.481. The molecular formula is C27H36N2O6. The molecule has 1 saturated heterocycles. The first kappa shape index (κ1) is 26.2. The van der Waals surface area contributed by atoms with Gasteiger partial charge < -0.3 is 29.2 Å². The molecule has 8 nitrogen and oxygen atoms in total. The van der Waals surface area contributed by atoms with Gasteiger partial charge in [-0.15, -0.1) is 0 Å². The lowest BCUT2D eigenvalue weighted by Crippen LogP contribution is -2.39. The molecule has 1 heterocycles. The lowest BCUT2D eigenvalue weighted by molar-refractivity contribution is -0.122. The minimum atomic E-state index is -0.0861. The normalized spacial score (nSPS) is 13.9. The van der Waals surface area contributed by atoms with Crippen LogP contribution in [-0.2, 0) is 11.3 Å². The Hall–Kier alpha value is -3.42. The molecule has 2 aromatic carbocycles. The number of rotatable bonds is 10. The van der Waals surface area contributed by atoms with Crippen LogP contribution in [0.5, 0.6) is 23.0 Å². The molecule has 0 spiro atoms. The van der Waals surface area contributed by atoms with Gasteiger partial charge in [0.2, 0.25) is 11.7 Å². The zero-order valence-electron chi connectivity index (χ0n) is 21.3. The van der Waals surface area contributed by atoms with E-state index in [1.165, 1.54) is 21.3 Å². The van der Waals surface area contributed by atoms with Gasteiger partial charge in [0.1, 0.15) is 5.75 Å². The van der Waals surface area contributed by atoms with Gasteiger partial charge in [0.25, 0.3) is 5.91 Å². The second-order valence-corrected chi connectivity index (χ2v) is 8.94. The van der Waals surface area contributed by atoms with E-state index < -0.39 is 0 Å². The maximum Gasteiger partial charge on any atom is 0.254 e. The molecule has 1 fully saturated rings. The molecule has 1 aliphatic heterocycles. The van der Waals surface area contributed by atoms with Gasteiger partial charge in [-0.05, 0) is 62.4 Å². The molecule has 0 atom stereocenters. The Morgan fingerprint density at radius 2 is 1.57 bits per heavy atom. The topological polar surface area (TPSA) is 86.3 Å². The average molecular weight is 485 g/mol. The number of nitrogens with one attached hydrogen (secondary N) is 1. The maximum absolute atomic E-state index is 13.1. The number of amides is 2. The maximum atomic E-state index is 13.1. The fourth-order valence-corrected chi connectivity index (χ4v) is 4.22. The summed E-state index contributed by atoms with van der Waals surface area (Å²) in [6.45, 7) is 5.67. The highest BCUT2D eigenvalue weighted by Crippen LogP contribution is 2.38. The van der Waals surface area contributed by atoms with Crippen LogP contribution >= 0.6 is 0 Å². The summed E-state index contributed by atoms with van der Waals surface area (Å²) in [4.78, 5) is 27.4. The van der Waals surface area contributed by atoms with Crippen molar-refractivity contribution < 1.29 is 28.5 Å². The predicted molar refractivity (Wildman–Crippen MR) is 133 cm³/mol. The number of piperidine rings is 1. The van der Waals surface area contributed by atoms with Crippen molar-refractivity contribution in [3.8, 4) is 23.0 Å². The molecule has 0 bridgehead atoms. The number of ether oxygens (including phenoxy) is 4.